The van der Waals surface area contributed by atoms with E-state index in [0.717, 1.165) is 0 Å². The zero-order valence-corrected chi connectivity index (χ0v) is 7.80. The SMILES string of the molecule is C[N](C)[Sn]([CH3])[CH3]. The molecule has 0 saturated heterocycles. The molecule has 0 atom stereocenters. The first-order valence-electron chi connectivity index (χ1n) is 2.12. The van der Waals surface area contributed by atoms with Crippen molar-refractivity contribution in [2.24, 2.45) is 0 Å². The summed E-state index contributed by atoms with van der Waals surface area (Å²) in [4.78, 5) is 4.73. The number of rotatable bonds is 1. The number of nitrogens with zero attached hydrogens (tertiary/aromatic N) is 1. The van der Waals surface area contributed by atoms with E-state index in [4.69, 9.17) is 0 Å². The second-order valence-corrected chi connectivity index (χ2v) is 9.80. The van der Waals surface area contributed by atoms with Crippen LogP contribution in [0.3, 0.4) is 0 Å². The maximum absolute atomic E-state index is 2.36. The van der Waals surface area contributed by atoms with Gasteiger partial charge in [0.2, 0.25) is 0 Å². The van der Waals surface area contributed by atoms with Crippen molar-refractivity contribution in [3.8, 4) is 0 Å². The fourth-order valence-corrected chi connectivity index (χ4v) is 0. The first kappa shape index (κ1) is 6.76. The van der Waals surface area contributed by atoms with E-state index in [2.05, 4.69) is 27.1 Å². The van der Waals surface area contributed by atoms with Gasteiger partial charge in [-0.1, -0.05) is 0 Å². The second kappa shape index (κ2) is 2.85. The standard InChI is InChI=1S/C2H6N.2CH3.Sn/c1-3-2;;;/h1-2H3;2*1H3;/q-1;;;+1. The Bertz CT molecular complexity index is 28.5. The molecular weight excluding hydrogens is 181 g/mol. The molecule has 0 heterocycles. The van der Waals surface area contributed by atoms with Crippen LogP contribution in [0.25, 0.3) is 0 Å². The fourth-order valence-electron chi connectivity index (χ4n) is 0. The van der Waals surface area contributed by atoms with Crippen LogP contribution in [0.5, 0.6) is 0 Å². The molecule has 0 aliphatic carbocycles. The van der Waals surface area contributed by atoms with Gasteiger partial charge >= 0.3 is 47.1 Å². The zero-order valence-electron chi connectivity index (χ0n) is 4.95. The summed E-state index contributed by atoms with van der Waals surface area (Å²) in [7, 11) is 4.32. The quantitative estimate of drug-likeness (QED) is 0.556. The van der Waals surface area contributed by atoms with E-state index < -0.39 is 20.0 Å². The predicted octanol–water partition coefficient (Wildman–Crippen LogP) is 0.799. The van der Waals surface area contributed by atoms with Crippen LogP contribution in [-0.4, -0.2) is 37.2 Å². The van der Waals surface area contributed by atoms with E-state index in [1.165, 1.54) is 0 Å². The van der Waals surface area contributed by atoms with E-state index >= 15 is 0 Å². The van der Waals surface area contributed by atoms with Crippen molar-refractivity contribution in [2.75, 3.05) is 14.1 Å². The van der Waals surface area contributed by atoms with Gasteiger partial charge < -0.3 is 0 Å². The van der Waals surface area contributed by atoms with Gasteiger partial charge in [0, 0.05) is 0 Å². The predicted molar refractivity (Wildman–Crippen MR) is 31.2 cm³/mol. The molecule has 0 bridgehead atoms. The van der Waals surface area contributed by atoms with Gasteiger partial charge in [-0.05, 0) is 0 Å². The van der Waals surface area contributed by atoms with E-state index in [9.17, 15) is 0 Å². The molecule has 0 aromatic rings. The fraction of sp³-hybridized carbons (Fsp3) is 1.00. The summed E-state index contributed by atoms with van der Waals surface area (Å²) in [6.07, 6.45) is 0. The summed E-state index contributed by atoms with van der Waals surface area (Å²) in [6.45, 7) is 0. The van der Waals surface area contributed by atoms with Crippen LogP contribution < -0.4 is 0 Å². The van der Waals surface area contributed by atoms with E-state index in [1.54, 1.807) is 0 Å². The molecule has 0 saturated carbocycles. The number of hydrogen-bond donors (Lipinski definition) is 0. The van der Waals surface area contributed by atoms with Crippen LogP contribution in [0.15, 0.2) is 0 Å². The molecule has 37 valence electrons. The summed E-state index contributed by atoms with van der Waals surface area (Å²) < 4.78 is 2.36. The Morgan fingerprint density at radius 2 is 1.33 bits per heavy atom. The van der Waals surface area contributed by atoms with Crippen molar-refractivity contribution >= 4 is 20.0 Å². The molecule has 0 aromatic carbocycles. The van der Waals surface area contributed by atoms with Gasteiger partial charge in [0.25, 0.3) is 0 Å². The Balaban J connectivity index is 2.99. The van der Waals surface area contributed by atoms with Crippen LogP contribution in [0.2, 0.25) is 9.88 Å². The summed E-state index contributed by atoms with van der Waals surface area (Å²) in [5.74, 6) is 0. The van der Waals surface area contributed by atoms with Gasteiger partial charge in [-0.25, -0.2) is 0 Å². The molecule has 0 N–H and O–H groups in total. The van der Waals surface area contributed by atoms with Crippen molar-refractivity contribution in [2.45, 2.75) is 9.88 Å². The molecule has 0 unspecified atom stereocenters. The van der Waals surface area contributed by atoms with Crippen molar-refractivity contribution < 1.29 is 0 Å². The Morgan fingerprint density at radius 1 is 1.17 bits per heavy atom. The summed E-state index contributed by atoms with van der Waals surface area (Å²) >= 11 is -0.866. The zero-order chi connectivity index (χ0) is 5.15. The number of hydrogen-bond acceptors (Lipinski definition) is 1. The molecule has 6 heavy (non-hydrogen) atoms. The van der Waals surface area contributed by atoms with Crippen LogP contribution in [0, 0.1) is 0 Å². The molecule has 0 amide bonds. The minimum atomic E-state index is -0.866. The maximum atomic E-state index is 2.36. The van der Waals surface area contributed by atoms with Crippen molar-refractivity contribution in [3.63, 3.8) is 0 Å². The summed E-state index contributed by atoms with van der Waals surface area (Å²) in [6, 6.07) is 0. The van der Waals surface area contributed by atoms with Gasteiger partial charge in [0.1, 0.15) is 0 Å². The minimum absolute atomic E-state index is 0.866. The van der Waals surface area contributed by atoms with Crippen LogP contribution >= 0.6 is 0 Å². The first-order valence-corrected chi connectivity index (χ1v) is 9.10. The van der Waals surface area contributed by atoms with Crippen molar-refractivity contribution in [1.82, 2.24) is 3.12 Å². The van der Waals surface area contributed by atoms with Crippen molar-refractivity contribution in [3.05, 3.63) is 0 Å². The first-order chi connectivity index (χ1) is 2.64. The Labute approximate surface area is 47.4 Å². The molecule has 0 fully saturated rings. The Morgan fingerprint density at radius 3 is 1.33 bits per heavy atom. The molecule has 0 aromatic heterocycles. The second-order valence-electron chi connectivity index (χ2n) is 1.84. The third kappa shape index (κ3) is 2.97. The molecule has 0 aliphatic rings. The van der Waals surface area contributed by atoms with Gasteiger partial charge in [-0.15, -0.1) is 0 Å². The molecule has 1 nitrogen and oxygen atoms in total. The third-order valence-electron chi connectivity index (χ3n) is 0.894. The monoisotopic (exact) mass is 194 g/mol. The van der Waals surface area contributed by atoms with E-state index in [-0.39, 0.29) is 0 Å². The molecule has 0 spiro atoms. The molecular formula is C4H12NSn. The van der Waals surface area contributed by atoms with E-state index in [1.807, 2.05) is 0 Å². The van der Waals surface area contributed by atoms with Gasteiger partial charge in [-0.2, -0.15) is 0 Å². The van der Waals surface area contributed by atoms with Gasteiger partial charge in [0.15, 0.2) is 0 Å². The van der Waals surface area contributed by atoms with Crippen LogP contribution in [-0.2, 0) is 0 Å². The normalized spacial score (nSPS) is 11.0. The Kier molecular flexibility index (Phi) is 3.22. The summed E-state index contributed by atoms with van der Waals surface area (Å²) in [5, 5.41) is 0. The van der Waals surface area contributed by atoms with Gasteiger partial charge in [0.05, 0.1) is 0 Å². The topological polar surface area (TPSA) is 3.24 Å². The molecule has 1 radical (unpaired) electrons. The van der Waals surface area contributed by atoms with Crippen LogP contribution in [0.4, 0.5) is 0 Å². The van der Waals surface area contributed by atoms with Crippen molar-refractivity contribution in [1.29, 1.82) is 0 Å². The summed E-state index contributed by atoms with van der Waals surface area (Å²) in [5.41, 5.74) is 0. The molecule has 0 aliphatic heterocycles. The van der Waals surface area contributed by atoms with Gasteiger partial charge in [-0.3, -0.25) is 0 Å². The molecule has 2 heteroatoms. The van der Waals surface area contributed by atoms with Crippen LogP contribution in [0.1, 0.15) is 0 Å². The third-order valence-corrected chi connectivity index (χ3v) is 6.00. The average Bonchev–Trinajstić information content (AvgIpc) is 1.36. The molecule has 0 rings (SSSR count). The Hall–Kier alpha value is 0.759. The van der Waals surface area contributed by atoms with E-state index in [0.29, 0.717) is 0 Å². The average molecular weight is 193 g/mol.